The molecule has 0 aliphatic heterocycles. The van der Waals surface area contributed by atoms with E-state index >= 15 is 0 Å². The van der Waals surface area contributed by atoms with Gasteiger partial charge in [-0.25, -0.2) is 8.42 Å². The van der Waals surface area contributed by atoms with Gasteiger partial charge in [0.2, 0.25) is 10.0 Å². The van der Waals surface area contributed by atoms with Crippen molar-refractivity contribution in [2.24, 2.45) is 5.92 Å². The SMILES string of the molecule is Cc1cc(NC(=O)COC(=O)C(NS(=O)(=O)/C=C/c2ccccc2)C(C)C)no1. The summed E-state index contributed by atoms with van der Waals surface area (Å²) in [4.78, 5) is 24.2. The van der Waals surface area contributed by atoms with E-state index in [1.165, 1.54) is 12.1 Å². The lowest BCUT2D eigenvalue weighted by molar-refractivity contribution is -0.150. The first kappa shape index (κ1) is 22.3. The van der Waals surface area contributed by atoms with Crippen LogP contribution in [0, 0.1) is 12.8 Å². The molecule has 2 aromatic rings. The highest BCUT2D eigenvalue weighted by Crippen LogP contribution is 2.10. The van der Waals surface area contributed by atoms with Crippen molar-refractivity contribution in [1.29, 1.82) is 0 Å². The smallest absolute Gasteiger partial charge is 0.324 e. The normalized spacial score (nSPS) is 12.8. The molecule has 1 atom stereocenters. The molecule has 0 spiro atoms. The van der Waals surface area contributed by atoms with Crippen LogP contribution in [0.25, 0.3) is 6.08 Å². The number of nitrogens with zero attached hydrogens (tertiary/aromatic N) is 1. The second kappa shape index (κ2) is 9.99. The maximum atomic E-state index is 12.3. The molecule has 1 aromatic carbocycles. The van der Waals surface area contributed by atoms with Gasteiger partial charge in [-0.3, -0.25) is 9.59 Å². The fraction of sp³-hybridized carbons (Fsp3) is 0.316. The Morgan fingerprint density at radius 2 is 1.93 bits per heavy atom. The van der Waals surface area contributed by atoms with Crippen LogP contribution in [0.2, 0.25) is 0 Å². The summed E-state index contributed by atoms with van der Waals surface area (Å²) in [6.07, 6.45) is 1.42. The Labute approximate surface area is 169 Å². The number of carbonyl (C=O) groups is 2. The van der Waals surface area contributed by atoms with Crippen LogP contribution in [-0.2, 0) is 24.3 Å². The molecule has 1 heterocycles. The van der Waals surface area contributed by atoms with Crippen LogP contribution in [0.3, 0.4) is 0 Å². The Morgan fingerprint density at radius 1 is 1.24 bits per heavy atom. The summed E-state index contributed by atoms with van der Waals surface area (Å²) in [6.45, 7) is 4.39. The largest absolute Gasteiger partial charge is 0.454 e. The van der Waals surface area contributed by atoms with E-state index in [1.807, 2.05) is 6.07 Å². The van der Waals surface area contributed by atoms with Crippen LogP contribution in [0.4, 0.5) is 5.82 Å². The first-order valence-corrected chi connectivity index (χ1v) is 10.4. The average Bonchev–Trinajstić information content (AvgIpc) is 3.08. The van der Waals surface area contributed by atoms with E-state index in [9.17, 15) is 18.0 Å². The Kier molecular flexibility index (Phi) is 7.68. The molecule has 2 rings (SSSR count). The van der Waals surface area contributed by atoms with E-state index in [2.05, 4.69) is 15.2 Å². The molecule has 1 amide bonds. The zero-order chi connectivity index (χ0) is 21.4. The third kappa shape index (κ3) is 7.51. The van der Waals surface area contributed by atoms with Crippen molar-refractivity contribution in [3.8, 4) is 0 Å². The summed E-state index contributed by atoms with van der Waals surface area (Å²) in [7, 11) is -3.91. The number of rotatable bonds is 9. The lowest BCUT2D eigenvalue weighted by atomic mass is 10.1. The van der Waals surface area contributed by atoms with E-state index in [0.717, 1.165) is 5.41 Å². The molecule has 0 radical (unpaired) electrons. The maximum absolute atomic E-state index is 12.3. The van der Waals surface area contributed by atoms with Crippen LogP contribution < -0.4 is 10.0 Å². The standard InChI is InChI=1S/C19H23N3O6S/c1-13(2)18(22-29(25,26)10-9-15-7-5-4-6-8-15)19(24)27-12-17(23)20-16-11-14(3)28-21-16/h4-11,13,18,22H,12H2,1-3H3,(H,20,21,23)/b10-9+. The minimum atomic E-state index is -3.91. The van der Waals surface area contributed by atoms with Gasteiger partial charge in [-0.2, -0.15) is 4.72 Å². The number of aryl methyl sites for hydroxylation is 1. The highest BCUT2D eigenvalue weighted by molar-refractivity contribution is 7.92. The summed E-state index contributed by atoms with van der Waals surface area (Å²) in [6, 6.07) is 9.21. The number of esters is 1. The van der Waals surface area contributed by atoms with E-state index in [-0.39, 0.29) is 5.82 Å². The molecular formula is C19H23N3O6S. The number of hydrogen-bond acceptors (Lipinski definition) is 7. The number of nitrogens with one attached hydrogen (secondary N) is 2. The number of ether oxygens (including phenoxy) is 1. The minimum Gasteiger partial charge on any atom is -0.454 e. The Hall–Kier alpha value is -2.98. The van der Waals surface area contributed by atoms with Crippen molar-refractivity contribution >= 4 is 33.8 Å². The molecule has 1 unspecified atom stereocenters. The molecule has 0 aliphatic carbocycles. The molecule has 10 heteroatoms. The van der Waals surface area contributed by atoms with Gasteiger partial charge in [0.05, 0.1) is 0 Å². The van der Waals surface area contributed by atoms with Crippen molar-refractivity contribution in [1.82, 2.24) is 9.88 Å². The predicted octanol–water partition coefficient (Wildman–Crippen LogP) is 2.08. The number of benzene rings is 1. The molecule has 0 saturated carbocycles. The second-order valence-electron chi connectivity index (χ2n) is 6.58. The number of hydrogen-bond donors (Lipinski definition) is 2. The lowest BCUT2D eigenvalue weighted by Crippen LogP contribution is -2.45. The number of carbonyl (C=O) groups excluding carboxylic acids is 2. The maximum Gasteiger partial charge on any atom is 0.324 e. The van der Waals surface area contributed by atoms with Gasteiger partial charge in [-0.05, 0) is 24.5 Å². The molecule has 29 heavy (non-hydrogen) atoms. The van der Waals surface area contributed by atoms with E-state index in [1.54, 1.807) is 45.0 Å². The fourth-order valence-corrected chi connectivity index (χ4v) is 3.37. The molecular weight excluding hydrogens is 398 g/mol. The average molecular weight is 421 g/mol. The van der Waals surface area contributed by atoms with Crippen LogP contribution in [0.15, 0.2) is 46.3 Å². The molecule has 0 bridgehead atoms. The van der Waals surface area contributed by atoms with Gasteiger partial charge in [0.15, 0.2) is 12.4 Å². The van der Waals surface area contributed by atoms with Gasteiger partial charge >= 0.3 is 5.97 Å². The Morgan fingerprint density at radius 3 is 2.52 bits per heavy atom. The second-order valence-corrected chi connectivity index (χ2v) is 8.17. The Balaban J connectivity index is 1.94. The molecule has 2 N–H and O–H groups in total. The van der Waals surface area contributed by atoms with Gasteiger partial charge < -0.3 is 14.6 Å². The highest BCUT2D eigenvalue weighted by Gasteiger charge is 2.28. The predicted molar refractivity (Wildman–Crippen MR) is 107 cm³/mol. The molecule has 0 fully saturated rings. The summed E-state index contributed by atoms with van der Waals surface area (Å²) in [5.41, 5.74) is 0.696. The monoisotopic (exact) mass is 421 g/mol. The van der Waals surface area contributed by atoms with E-state index in [4.69, 9.17) is 9.26 Å². The highest BCUT2D eigenvalue weighted by atomic mass is 32.2. The van der Waals surface area contributed by atoms with Crippen LogP contribution >= 0.6 is 0 Å². The molecule has 156 valence electrons. The Bertz CT molecular complexity index is 967. The van der Waals surface area contributed by atoms with Crippen LogP contribution in [-0.4, -0.2) is 38.1 Å². The zero-order valence-corrected chi connectivity index (χ0v) is 17.1. The third-order valence-corrected chi connectivity index (χ3v) is 4.77. The van der Waals surface area contributed by atoms with Gasteiger partial charge in [-0.1, -0.05) is 49.3 Å². The fourth-order valence-electron chi connectivity index (χ4n) is 2.24. The van der Waals surface area contributed by atoms with Gasteiger partial charge in [0, 0.05) is 11.5 Å². The van der Waals surface area contributed by atoms with E-state index in [0.29, 0.717) is 11.3 Å². The third-order valence-electron chi connectivity index (χ3n) is 3.69. The topological polar surface area (TPSA) is 128 Å². The summed E-state index contributed by atoms with van der Waals surface area (Å²) < 4.78 is 36.7. The summed E-state index contributed by atoms with van der Waals surface area (Å²) >= 11 is 0. The van der Waals surface area contributed by atoms with Crippen molar-refractivity contribution in [2.45, 2.75) is 26.8 Å². The zero-order valence-electron chi connectivity index (χ0n) is 16.3. The van der Waals surface area contributed by atoms with Gasteiger partial charge in [0.1, 0.15) is 11.8 Å². The number of aromatic nitrogens is 1. The van der Waals surface area contributed by atoms with Crippen LogP contribution in [0.5, 0.6) is 0 Å². The van der Waals surface area contributed by atoms with Gasteiger partial charge in [-0.15, -0.1) is 0 Å². The lowest BCUT2D eigenvalue weighted by Gasteiger charge is -2.19. The number of sulfonamides is 1. The van der Waals surface area contributed by atoms with E-state index < -0.39 is 40.5 Å². The minimum absolute atomic E-state index is 0.190. The summed E-state index contributed by atoms with van der Waals surface area (Å²) in [5, 5.41) is 6.97. The van der Waals surface area contributed by atoms with Crippen molar-refractivity contribution in [3.63, 3.8) is 0 Å². The van der Waals surface area contributed by atoms with Crippen molar-refractivity contribution < 1.29 is 27.3 Å². The number of anilines is 1. The first-order valence-electron chi connectivity index (χ1n) is 8.81. The summed E-state index contributed by atoms with van der Waals surface area (Å²) in [5.74, 6) is -1.18. The quantitative estimate of drug-likeness (QED) is 0.593. The van der Waals surface area contributed by atoms with Crippen LogP contribution in [0.1, 0.15) is 25.2 Å². The number of amides is 1. The van der Waals surface area contributed by atoms with Crippen molar-refractivity contribution in [2.75, 3.05) is 11.9 Å². The molecule has 0 aliphatic rings. The molecule has 0 saturated heterocycles. The molecule has 1 aromatic heterocycles. The van der Waals surface area contributed by atoms with Gasteiger partial charge in [0.25, 0.3) is 5.91 Å². The molecule has 9 nitrogen and oxygen atoms in total. The van der Waals surface area contributed by atoms with Crippen molar-refractivity contribution in [3.05, 3.63) is 53.1 Å². The first-order chi connectivity index (χ1) is 13.7.